The van der Waals surface area contributed by atoms with E-state index in [9.17, 15) is 13.5 Å². The molecule has 2 rings (SSSR count). The molecule has 1 aromatic carbocycles. The molecule has 1 N–H and O–H groups in total. The molecule has 1 aliphatic heterocycles. The van der Waals surface area contributed by atoms with Crippen molar-refractivity contribution in [2.45, 2.75) is 4.90 Å². The van der Waals surface area contributed by atoms with Crippen molar-refractivity contribution in [2.24, 2.45) is 0 Å². The molecule has 1 aliphatic rings. The van der Waals surface area contributed by atoms with Crippen molar-refractivity contribution < 1.29 is 13.5 Å². The number of hydrogen-bond donors (Lipinski definition) is 1. The van der Waals surface area contributed by atoms with Gasteiger partial charge in [-0.25, -0.2) is 8.42 Å². The molecule has 16 heavy (non-hydrogen) atoms. The lowest BCUT2D eigenvalue weighted by atomic mass is 10.2. The van der Waals surface area contributed by atoms with Crippen LogP contribution in [0.5, 0.6) is 5.75 Å². The van der Waals surface area contributed by atoms with Crippen LogP contribution in [0.25, 0.3) is 6.08 Å². The first-order valence-corrected chi connectivity index (χ1v) is 6.33. The largest absolute Gasteiger partial charge is 0.508 e. The zero-order valence-electron chi connectivity index (χ0n) is 9.14. The van der Waals surface area contributed by atoms with Crippen LogP contribution in [0.3, 0.4) is 0 Å². The van der Waals surface area contributed by atoms with Gasteiger partial charge < -0.3 is 10.0 Å². The first-order chi connectivity index (χ1) is 7.41. The van der Waals surface area contributed by atoms with Gasteiger partial charge in [-0.05, 0) is 43.9 Å². The molecule has 1 heterocycles. The topological polar surface area (TPSA) is 57.6 Å². The van der Waals surface area contributed by atoms with Gasteiger partial charge in [0.25, 0.3) is 0 Å². The maximum atomic E-state index is 12.1. The van der Waals surface area contributed by atoms with E-state index >= 15 is 0 Å². The second-order valence-corrected chi connectivity index (χ2v) is 6.05. The molecular formula is C11H13NO3S. The van der Waals surface area contributed by atoms with E-state index in [1.165, 1.54) is 18.2 Å². The standard InChI is InChI=1S/C11H13NO3S/c1-12(2)7-10-6-8-5-9(13)3-4-11(8)16(10,14)15/h3-6,13H,7H2,1-2H3. The van der Waals surface area contributed by atoms with Crippen LogP contribution >= 0.6 is 0 Å². The third kappa shape index (κ3) is 1.72. The third-order valence-electron chi connectivity index (χ3n) is 2.42. The smallest absolute Gasteiger partial charge is 0.204 e. The van der Waals surface area contributed by atoms with Crippen LogP contribution in [-0.2, 0) is 9.84 Å². The minimum atomic E-state index is -3.35. The normalized spacial score (nSPS) is 17.3. The zero-order chi connectivity index (χ0) is 11.9. The van der Waals surface area contributed by atoms with E-state index in [2.05, 4.69) is 0 Å². The maximum Gasteiger partial charge on any atom is 0.204 e. The Morgan fingerprint density at radius 1 is 1.31 bits per heavy atom. The lowest BCUT2D eigenvalue weighted by molar-refractivity contribution is 0.451. The highest BCUT2D eigenvalue weighted by Crippen LogP contribution is 2.34. The van der Waals surface area contributed by atoms with Crippen LogP contribution in [0.15, 0.2) is 28.0 Å². The molecule has 0 unspecified atom stereocenters. The van der Waals surface area contributed by atoms with Gasteiger partial charge in [0.2, 0.25) is 9.84 Å². The summed E-state index contributed by atoms with van der Waals surface area (Å²) in [6.45, 7) is 0.373. The van der Waals surface area contributed by atoms with Crippen molar-refractivity contribution in [2.75, 3.05) is 20.6 Å². The van der Waals surface area contributed by atoms with Crippen LogP contribution in [0, 0.1) is 0 Å². The summed E-state index contributed by atoms with van der Waals surface area (Å²) < 4.78 is 24.1. The Kier molecular flexibility index (Phi) is 2.52. The molecule has 0 radical (unpaired) electrons. The highest BCUT2D eigenvalue weighted by molar-refractivity contribution is 7.95. The molecule has 0 saturated heterocycles. The van der Waals surface area contributed by atoms with Crippen LogP contribution < -0.4 is 0 Å². The van der Waals surface area contributed by atoms with E-state index < -0.39 is 9.84 Å². The van der Waals surface area contributed by atoms with Crippen molar-refractivity contribution in [3.63, 3.8) is 0 Å². The first kappa shape index (κ1) is 11.2. The van der Waals surface area contributed by atoms with E-state index in [0.717, 1.165) is 0 Å². The van der Waals surface area contributed by atoms with Gasteiger partial charge in [-0.3, -0.25) is 0 Å². The molecule has 1 aromatic rings. The minimum Gasteiger partial charge on any atom is -0.508 e. The summed E-state index contributed by atoms with van der Waals surface area (Å²) in [7, 11) is 0.283. The molecule has 0 atom stereocenters. The Morgan fingerprint density at radius 3 is 2.62 bits per heavy atom. The molecular weight excluding hydrogens is 226 g/mol. The summed E-state index contributed by atoms with van der Waals surface area (Å²) in [6.07, 6.45) is 1.62. The Balaban J connectivity index is 2.52. The monoisotopic (exact) mass is 239 g/mol. The van der Waals surface area contributed by atoms with E-state index in [1.54, 1.807) is 11.0 Å². The summed E-state index contributed by atoms with van der Waals surface area (Å²) in [6, 6.07) is 4.30. The van der Waals surface area contributed by atoms with Crippen molar-refractivity contribution >= 4 is 15.9 Å². The molecule has 0 amide bonds. The molecule has 0 saturated carbocycles. The van der Waals surface area contributed by atoms with Gasteiger partial charge in [0.15, 0.2) is 0 Å². The highest BCUT2D eigenvalue weighted by atomic mass is 32.2. The molecule has 4 nitrogen and oxygen atoms in total. The maximum absolute atomic E-state index is 12.1. The number of sulfone groups is 1. The third-order valence-corrected chi connectivity index (χ3v) is 4.30. The van der Waals surface area contributed by atoms with Crippen molar-refractivity contribution in [1.29, 1.82) is 0 Å². The Bertz CT molecular complexity index is 559. The van der Waals surface area contributed by atoms with Crippen molar-refractivity contribution in [1.82, 2.24) is 4.90 Å². The lowest BCUT2D eigenvalue weighted by Gasteiger charge is -2.10. The number of fused-ring (bicyclic) bond motifs is 1. The summed E-state index contributed by atoms with van der Waals surface area (Å²) >= 11 is 0. The number of aromatic hydroxyl groups is 1. The van der Waals surface area contributed by atoms with Gasteiger partial charge in [0.1, 0.15) is 5.75 Å². The Hall–Kier alpha value is -1.33. The fourth-order valence-electron chi connectivity index (χ4n) is 1.73. The van der Waals surface area contributed by atoms with E-state index in [1.807, 2.05) is 14.1 Å². The summed E-state index contributed by atoms with van der Waals surface area (Å²) in [5.74, 6) is 0.0799. The average Bonchev–Trinajstić information content (AvgIpc) is 2.37. The molecule has 0 aliphatic carbocycles. The van der Waals surface area contributed by atoms with E-state index in [0.29, 0.717) is 17.0 Å². The van der Waals surface area contributed by atoms with Gasteiger partial charge in [-0.1, -0.05) is 0 Å². The average molecular weight is 239 g/mol. The molecule has 0 bridgehead atoms. The molecule has 0 spiro atoms. The zero-order valence-corrected chi connectivity index (χ0v) is 9.95. The second-order valence-electron chi connectivity index (χ2n) is 4.07. The molecule has 86 valence electrons. The second kappa shape index (κ2) is 3.61. The number of hydrogen-bond acceptors (Lipinski definition) is 4. The van der Waals surface area contributed by atoms with Crippen molar-refractivity contribution in [3.8, 4) is 5.75 Å². The van der Waals surface area contributed by atoms with Crippen LogP contribution in [0.2, 0.25) is 0 Å². The first-order valence-electron chi connectivity index (χ1n) is 4.84. The van der Waals surface area contributed by atoms with Crippen LogP contribution in [0.4, 0.5) is 0 Å². The quantitative estimate of drug-likeness (QED) is 0.839. The van der Waals surface area contributed by atoms with Gasteiger partial charge >= 0.3 is 0 Å². The summed E-state index contributed by atoms with van der Waals surface area (Å²) in [5, 5.41) is 9.30. The van der Waals surface area contributed by atoms with E-state index in [-0.39, 0.29) is 10.6 Å². The summed E-state index contributed by atoms with van der Waals surface area (Å²) in [4.78, 5) is 2.45. The van der Waals surface area contributed by atoms with Gasteiger partial charge in [-0.2, -0.15) is 0 Å². The Morgan fingerprint density at radius 2 is 2.00 bits per heavy atom. The number of likely N-dealkylation sites (N-methyl/N-ethyl adjacent to an activating group) is 1. The molecule has 5 heteroatoms. The summed E-state index contributed by atoms with van der Waals surface area (Å²) in [5.41, 5.74) is 0.567. The van der Waals surface area contributed by atoms with Gasteiger partial charge in [0.05, 0.1) is 9.80 Å². The van der Waals surface area contributed by atoms with Crippen LogP contribution in [0.1, 0.15) is 5.56 Å². The number of nitrogens with zero attached hydrogens (tertiary/aromatic N) is 1. The van der Waals surface area contributed by atoms with E-state index in [4.69, 9.17) is 0 Å². The van der Waals surface area contributed by atoms with Gasteiger partial charge in [0, 0.05) is 6.54 Å². The van der Waals surface area contributed by atoms with Crippen molar-refractivity contribution in [3.05, 3.63) is 28.7 Å². The highest BCUT2D eigenvalue weighted by Gasteiger charge is 2.29. The predicted molar refractivity (Wildman–Crippen MR) is 61.8 cm³/mol. The Labute approximate surface area is 94.7 Å². The predicted octanol–water partition coefficient (Wildman–Crippen LogP) is 1.08. The number of benzene rings is 1. The number of rotatable bonds is 2. The lowest BCUT2D eigenvalue weighted by Crippen LogP contribution is -2.18. The SMILES string of the molecule is CN(C)CC1=Cc2cc(O)ccc2S1(=O)=O. The number of phenolic OH excluding ortho intramolecular Hbond substituents is 1. The fraction of sp³-hybridized carbons (Fsp3) is 0.273. The molecule has 0 fully saturated rings. The number of phenols is 1. The van der Waals surface area contributed by atoms with Crippen LogP contribution in [-0.4, -0.2) is 39.1 Å². The molecule has 0 aromatic heterocycles. The fourth-order valence-corrected chi connectivity index (χ4v) is 3.40. The van der Waals surface area contributed by atoms with Gasteiger partial charge in [-0.15, -0.1) is 0 Å². The minimum absolute atomic E-state index is 0.0799.